The number of hydrogen-bond acceptors (Lipinski definition) is 2. The topological polar surface area (TPSA) is 29.5 Å². The van der Waals surface area contributed by atoms with E-state index in [4.69, 9.17) is 4.74 Å². The van der Waals surface area contributed by atoms with E-state index in [1.165, 1.54) is 11.1 Å². The van der Waals surface area contributed by atoms with E-state index in [1.54, 1.807) is 0 Å². The Balaban J connectivity index is 2.94. The molecule has 1 aliphatic carbocycles. The van der Waals surface area contributed by atoms with E-state index < -0.39 is 12.4 Å². The summed E-state index contributed by atoms with van der Waals surface area (Å²) in [4.78, 5) is 0. The third-order valence-electron chi connectivity index (χ3n) is 5.25. The molecule has 1 N–H and O–H groups in total. The number of rotatable bonds is 6. The van der Waals surface area contributed by atoms with E-state index in [-0.39, 0.29) is 11.3 Å². The molecule has 0 aliphatic heterocycles. The molecular weight excluding hydrogens is 407 g/mol. The Bertz CT molecular complexity index is 773. The summed E-state index contributed by atoms with van der Waals surface area (Å²) in [5.74, 6) is 0.459. The number of aliphatic hydroxyl groups excluding tert-OH is 1. The van der Waals surface area contributed by atoms with Crippen LogP contribution in [0.5, 0.6) is 5.75 Å². The molecular formula is C23H32BrFO2. The van der Waals surface area contributed by atoms with Gasteiger partial charge in [-0.15, -0.1) is 0 Å². The maximum atomic E-state index is 14.7. The quantitative estimate of drug-likeness (QED) is 0.523. The molecule has 0 saturated heterocycles. The minimum absolute atomic E-state index is 0.0475. The zero-order valence-electron chi connectivity index (χ0n) is 17.5. The molecule has 1 aromatic rings. The molecule has 0 heterocycles. The molecule has 0 saturated carbocycles. The first-order valence-electron chi connectivity index (χ1n) is 9.76. The van der Waals surface area contributed by atoms with E-state index in [0.717, 1.165) is 22.0 Å². The second-order valence-electron chi connectivity index (χ2n) is 8.46. The van der Waals surface area contributed by atoms with Gasteiger partial charge >= 0.3 is 0 Å². The molecule has 1 aromatic carbocycles. The van der Waals surface area contributed by atoms with Gasteiger partial charge in [-0.1, -0.05) is 47.6 Å². The normalized spacial score (nSPS) is 17.0. The van der Waals surface area contributed by atoms with Crippen molar-refractivity contribution in [1.82, 2.24) is 0 Å². The van der Waals surface area contributed by atoms with Gasteiger partial charge in [0.1, 0.15) is 11.6 Å². The number of allylic oxidation sites excluding steroid dienone is 3. The van der Waals surface area contributed by atoms with Crippen LogP contribution in [0.2, 0.25) is 0 Å². The van der Waals surface area contributed by atoms with E-state index in [2.05, 4.69) is 55.8 Å². The summed E-state index contributed by atoms with van der Waals surface area (Å²) in [7, 11) is 0. The molecule has 0 spiro atoms. The second kappa shape index (κ2) is 8.48. The smallest absolute Gasteiger partial charge is 0.141 e. The molecule has 0 fully saturated rings. The Hall–Kier alpha value is -1.13. The summed E-state index contributed by atoms with van der Waals surface area (Å²) < 4.78 is 21.6. The summed E-state index contributed by atoms with van der Waals surface area (Å²) in [6.45, 7) is 14.5. The second-order valence-corrected chi connectivity index (χ2v) is 9.25. The van der Waals surface area contributed by atoms with E-state index in [0.29, 0.717) is 23.8 Å². The van der Waals surface area contributed by atoms with Crippen molar-refractivity contribution in [1.29, 1.82) is 0 Å². The highest BCUT2D eigenvalue weighted by molar-refractivity contribution is 9.10. The molecule has 27 heavy (non-hydrogen) atoms. The van der Waals surface area contributed by atoms with Gasteiger partial charge in [-0.3, -0.25) is 0 Å². The third-order valence-corrected chi connectivity index (χ3v) is 6.01. The Morgan fingerprint density at radius 1 is 1.30 bits per heavy atom. The van der Waals surface area contributed by atoms with Crippen LogP contribution in [0, 0.1) is 11.8 Å². The number of hydrogen-bond donors (Lipinski definition) is 1. The van der Waals surface area contributed by atoms with E-state index >= 15 is 0 Å². The fourth-order valence-electron chi connectivity index (χ4n) is 3.99. The molecule has 150 valence electrons. The van der Waals surface area contributed by atoms with Gasteiger partial charge in [0.2, 0.25) is 0 Å². The average Bonchev–Trinajstić information content (AvgIpc) is 2.56. The van der Waals surface area contributed by atoms with Crippen LogP contribution >= 0.6 is 15.9 Å². The Morgan fingerprint density at radius 3 is 2.41 bits per heavy atom. The van der Waals surface area contributed by atoms with Gasteiger partial charge in [0, 0.05) is 5.56 Å². The maximum Gasteiger partial charge on any atom is 0.141 e. The van der Waals surface area contributed by atoms with Crippen LogP contribution in [0.1, 0.15) is 71.6 Å². The van der Waals surface area contributed by atoms with Crippen molar-refractivity contribution in [2.45, 2.75) is 60.3 Å². The fourth-order valence-corrected chi connectivity index (χ4v) is 5.06. The van der Waals surface area contributed by atoms with Crippen LogP contribution in [0.25, 0.3) is 11.1 Å². The highest BCUT2D eigenvalue weighted by atomic mass is 79.9. The predicted molar refractivity (Wildman–Crippen MR) is 116 cm³/mol. The summed E-state index contributed by atoms with van der Waals surface area (Å²) in [6, 6.07) is 2.07. The molecule has 2 rings (SSSR count). The van der Waals surface area contributed by atoms with Gasteiger partial charge in [0.25, 0.3) is 0 Å². The lowest BCUT2D eigenvalue weighted by Crippen LogP contribution is -2.24. The standard InChI is InChI=1S/C23H32BrFO2/c1-8-27-22-17(19(14(4)5)18(25)12-26)11-16-15(13(2)3)9-10-23(6,7)20(16)21(22)24/h9,11,13-14,26H,8,10,12H2,1-7H3/b19-18+. The van der Waals surface area contributed by atoms with Gasteiger partial charge in [0.05, 0.1) is 17.7 Å². The maximum absolute atomic E-state index is 14.7. The average molecular weight is 439 g/mol. The number of fused-ring (bicyclic) bond motifs is 1. The first-order valence-corrected chi connectivity index (χ1v) is 10.6. The Morgan fingerprint density at radius 2 is 1.93 bits per heavy atom. The molecule has 0 aromatic heterocycles. The number of halogens is 2. The van der Waals surface area contributed by atoms with Gasteiger partial charge in [-0.2, -0.15) is 0 Å². The van der Waals surface area contributed by atoms with Crippen molar-refractivity contribution in [3.63, 3.8) is 0 Å². The van der Waals surface area contributed by atoms with Crippen molar-refractivity contribution >= 4 is 27.1 Å². The van der Waals surface area contributed by atoms with Crippen LogP contribution in [-0.2, 0) is 5.41 Å². The van der Waals surface area contributed by atoms with Crippen molar-refractivity contribution in [2.75, 3.05) is 13.2 Å². The van der Waals surface area contributed by atoms with E-state index in [9.17, 15) is 9.50 Å². The molecule has 0 unspecified atom stereocenters. The third kappa shape index (κ3) is 4.17. The summed E-state index contributed by atoms with van der Waals surface area (Å²) in [5.41, 5.74) is 4.84. The summed E-state index contributed by atoms with van der Waals surface area (Å²) in [6.07, 6.45) is 3.26. The first-order chi connectivity index (χ1) is 12.6. The Kier molecular flexibility index (Phi) is 6.96. The SMILES string of the molecule is CCOc1c(/C(=C(/F)CO)C(C)C)cc2c(c1Br)C(C)(C)CC=C2C(C)C. The van der Waals surface area contributed by atoms with Gasteiger partial charge in [-0.05, 0) is 74.9 Å². The van der Waals surface area contributed by atoms with Crippen molar-refractivity contribution in [3.8, 4) is 5.75 Å². The lowest BCUT2D eigenvalue weighted by Gasteiger charge is -2.36. The van der Waals surface area contributed by atoms with Crippen LogP contribution in [0.15, 0.2) is 22.4 Å². The van der Waals surface area contributed by atoms with E-state index in [1.807, 2.05) is 20.8 Å². The zero-order valence-corrected chi connectivity index (χ0v) is 19.1. The molecule has 0 radical (unpaired) electrons. The van der Waals surface area contributed by atoms with Crippen molar-refractivity contribution in [3.05, 3.63) is 39.1 Å². The predicted octanol–water partition coefficient (Wildman–Crippen LogP) is 6.90. The molecule has 0 amide bonds. The highest BCUT2D eigenvalue weighted by Gasteiger charge is 2.34. The fraction of sp³-hybridized carbons (Fsp3) is 0.565. The van der Waals surface area contributed by atoms with Crippen molar-refractivity contribution in [2.24, 2.45) is 11.8 Å². The monoisotopic (exact) mass is 438 g/mol. The van der Waals surface area contributed by atoms with Crippen LogP contribution < -0.4 is 4.74 Å². The molecule has 0 bridgehead atoms. The zero-order chi connectivity index (χ0) is 20.5. The van der Waals surface area contributed by atoms with Gasteiger partial charge in [0.15, 0.2) is 0 Å². The summed E-state index contributed by atoms with van der Waals surface area (Å²) in [5, 5.41) is 9.47. The van der Waals surface area contributed by atoms with Crippen LogP contribution in [-0.4, -0.2) is 18.3 Å². The van der Waals surface area contributed by atoms with Gasteiger partial charge < -0.3 is 9.84 Å². The van der Waals surface area contributed by atoms with Crippen LogP contribution in [0.4, 0.5) is 4.39 Å². The molecule has 1 aliphatic rings. The minimum atomic E-state index is -0.605. The molecule has 4 heteroatoms. The minimum Gasteiger partial charge on any atom is -0.492 e. The van der Waals surface area contributed by atoms with Gasteiger partial charge in [-0.25, -0.2) is 4.39 Å². The first kappa shape index (κ1) is 22.2. The molecule has 0 atom stereocenters. The largest absolute Gasteiger partial charge is 0.492 e. The number of ether oxygens (including phenoxy) is 1. The highest BCUT2D eigenvalue weighted by Crippen LogP contribution is 2.51. The number of benzene rings is 1. The van der Waals surface area contributed by atoms with Crippen molar-refractivity contribution < 1.29 is 14.2 Å². The lowest BCUT2D eigenvalue weighted by atomic mass is 9.70. The summed E-state index contributed by atoms with van der Waals surface area (Å²) >= 11 is 3.80. The Labute approximate surface area is 171 Å². The molecule has 2 nitrogen and oxygen atoms in total. The lowest BCUT2D eigenvalue weighted by molar-refractivity contribution is 0.297. The van der Waals surface area contributed by atoms with Crippen LogP contribution in [0.3, 0.4) is 0 Å². The number of aliphatic hydroxyl groups is 1.